The average Bonchev–Trinajstić information content (AvgIpc) is 2.82. The van der Waals surface area contributed by atoms with Crippen LogP contribution >= 0.6 is 7.60 Å². The van der Waals surface area contributed by atoms with Crippen molar-refractivity contribution in [2.24, 2.45) is 0 Å². The Bertz CT molecular complexity index is 512. The maximum atomic E-state index is 12.2. The number of quaternary nitrogens is 1. The average molecular weight is 537 g/mol. The van der Waals surface area contributed by atoms with Gasteiger partial charge in [-0.25, -0.2) is 0 Å². The Labute approximate surface area is 225 Å². The Morgan fingerprint density at radius 3 is 1.64 bits per heavy atom. The van der Waals surface area contributed by atoms with Gasteiger partial charge in [0.25, 0.3) is 0 Å². The zero-order chi connectivity index (χ0) is 27.0. The van der Waals surface area contributed by atoms with E-state index in [0.717, 1.165) is 30.5 Å². The summed E-state index contributed by atoms with van der Waals surface area (Å²) in [6, 6.07) is 0. The van der Waals surface area contributed by atoms with E-state index in [4.69, 9.17) is 14.0 Å². The molecule has 0 saturated heterocycles. The number of hydrogen-bond donors (Lipinski definition) is 1. The predicted octanol–water partition coefficient (Wildman–Crippen LogP) is 7.97. The molecule has 0 aromatic heterocycles. The van der Waals surface area contributed by atoms with Crippen LogP contribution in [0.2, 0.25) is 0 Å². The SMILES string of the molecule is CCCCCCCCCCCCCCCCCCOCC(CCP(=O)(O)OCCC[N+](C)(C)C)OC. The molecule has 0 aromatic rings. The third-order valence-electron chi connectivity index (χ3n) is 6.78. The van der Waals surface area contributed by atoms with Gasteiger partial charge < -0.3 is 23.4 Å². The van der Waals surface area contributed by atoms with Crippen molar-refractivity contribution in [3.8, 4) is 0 Å². The molecule has 6 nitrogen and oxygen atoms in total. The maximum absolute atomic E-state index is 12.2. The molecule has 0 spiro atoms. The van der Waals surface area contributed by atoms with E-state index in [9.17, 15) is 9.46 Å². The van der Waals surface area contributed by atoms with Gasteiger partial charge >= 0.3 is 7.60 Å². The Kier molecular flexibility index (Phi) is 24.1. The Morgan fingerprint density at radius 2 is 1.19 bits per heavy atom. The Hall–Kier alpha value is 0.0300. The fourth-order valence-corrected chi connectivity index (χ4v) is 5.51. The molecule has 218 valence electrons. The monoisotopic (exact) mass is 536 g/mol. The standard InChI is InChI=1S/C29H62NO5P/c1-6-7-8-9-10-11-12-13-14-15-16-17-18-19-20-21-25-34-28-29(33-5)23-27-36(31,32)35-26-22-24-30(2,3)4/h29H,6-28H2,1-5H3/p+1. The number of ether oxygens (including phenoxy) is 2. The van der Waals surface area contributed by atoms with Crippen LogP contribution < -0.4 is 0 Å². The lowest BCUT2D eigenvalue weighted by Crippen LogP contribution is -2.35. The summed E-state index contributed by atoms with van der Waals surface area (Å²) >= 11 is 0. The van der Waals surface area contributed by atoms with Gasteiger partial charge in [-0.15, -0.1) is 0 Å². The first-order valence-corrected chi connectivity index (χ1v) is 16.8. The van der Waals surface area contributed by atoms with Crippen LogP contribution in [0.4, 0.5) is 0 Å². The van der Waals surface area contributed by atoms with Crippen molar-refractivity contribution in [2.75, 3.05) is 60.8 Å². The van der Waals surface area contributed by atoms with Crippen LogP contribution in [0.15, 0.2) is 0 Å². The van der Waals surface area contributed by atoms with E-state index in [2.05, 4.69) is 28.1 Å². The highest BCUT2D eigenvalue weighted by atomic mass is 31.2. The number of unbranched alkanes of at least 4 members (excludes halogenated alkanes) is 15. The summed E-state index contributed by atoms with van der Waals surface area (Å²) in [5.41, 5.74) is 0. The van der Waals surface area contributed by atoms with E-state index in [1.54, 1.807) is 7.11 Å². The van der Waals surface area contributed by atoms with Crippen molar-refractivity contribution in [1.29, 1.82) is 0 Å². The lowest BCUT2D eigenvalue weighted by atomic mass is 10.0. The molecule has 0 aliphatic carbocycles. The third kappa shape index (κ3) is 27.1. The van der Waals surface area contributed by atoms with Crippen LogP contribution in [0.1, 0.15) is 122 Å². The van der Waals surface area contributed by atoms with Gasteiger partial charge in [-0.2, -0.15) is 0 Å². The smallest absolute Gasteiger partial charge is 0.328 e. The molecule has 7 heteroatoms. The maximum Gasteiger partial charge on any atom is 0.328 e. The molecule has 0 heterocycles. The van der Waals surface area contributed by atoms with Gasteiger partial charge in [-0.3, -0.25) is 4.57 Å². The fraction of sp³-hybridized carbons (Fsp3) is 1.00. The summed E-state index contributed by atoms with van der Waals surface area (Å²) in [4.78, 5) is 10.0. The molecule has 0 radical (unpaired) electrons. The summed E-state index contributed by atoms with van der Waals surface area (Å²) in [7, 11) is 4.37. The molecule has 0 bridgehead atoms. The van der Waals surface area contributed by atoms with Gasteiger partial charge in [0, 0.05) is 20.1 Å². The summed E-state index contributed by atoms with van der Waals surface area (Å²) in [6.07, 6.45) is 23.0. The minimum absolute atomic E-state index is 0.109. The molecule has 0 rings (SSSR count). The van der Waals surface area contributed by atoms with Crippen LogP contribution in [0.5, 0.6) is 0 Å². The molecule has 0 amide bonds. The largest absolute Gasteiger partial charge is 0.379 e. The predicted molar refractivity (Wildman–Crippen MR) is 154 cm³/mol. The quantitative estimate of drug-likeness (QED) is 0.0624. The topological polar surface area (TPSA) is 65.0 Å². The lowest BCUT2D eigenvalue weighted by molar-refractivity contribution is -0.870. The molecule has 36 heavy (non-hydrogen) atoms. The van der Waals surface area contributed by atoms with Crippen molar-refractivity contribution in [1.82, 2.24) is 0 Å². The number of rotatable bonds is 28. The highest BCUT2D eigenvalue weighted by Gasteiger charge is 2.22. The Balaban J connectivity index is 3.50. The van der Waals surface area contributed by atoms with Crippen molar-refractivity contribution in [3.05, 3.63) is 0 Å². The van der Waals surface area contributed by atoms with E-state index in [1.807, 2.05) is 0 Å². The molecule has 2 atom stereocenters. The minimum Gasteiger partial charge on any atom is -0.379 e. The molecule has 2 unspecified atom stereocenters. The van der Waals surface area contributed by atoms with Gasteiger partial charge in [0.15, 0.2) is 0 Å². The first-order chi connectivity index (χ1) is 17.2. The van der Waals surface area contributed by atoms with Gasteiger partial charge in [0.1, 0.15) is 0 Å². The van der Waals surface area contributed by atoms with Crippen molar-refractivity contribution in [3.63, 3.8) is 0 Å². The minimum atomic E-state index is -3.56. The van der Waals surface area contributed by atoms with Crippen molar-refractivity contribution < 1.29 is 27.9 Å². The van der Waals surface area contributed by atoms with E-state index in [1.165, 1.54) is 96.3 Å². The normalized spacial score (nSPS) is 14.7. The zero-order valence-corrected chi connectivity index (χ0v) is 25.7. The summed E-state index contributed by atoms with van der Waals surface area (Å²) < 4.78 is 29.5. The summed E-state index contributed by atoms with van der Waals surface area (Å²) in [5, 5.41) is 0. The van der Waals surface area contributed by atoms with Gasteiger partial charge in [-0.05, 0) is 12.8 Å². The van der Waals surface area contributed by atoms with E-state index >= 15 is 0 Å². The van der Waals surface area contributed by atoms with Crippen LogP contribution in [-0.2, 0) is 18.6 Å². The summed E-state index contributed by atoms with van der Waals surface area (Å²) in [6.45, 7) is 4.71. The first-order valence-electron chi connectivity index (χ1n) is 15.1. The van der Waals surface area contributed by atoms with Gasteiger partial charge in [0.2, 0.25) is 0 Å². The highest BCUT2D eigenvalue weighted by molar-refractivity contribution is 7.52. The number of methoxy groups -OCH3 is 1. The second-order valence-electron chi connectivity index (χ2n) is 11.6. The van der Waals surface area contributed by atoms with Crippen LogP contribution in [0.25, 0.3) is 0 Å². The first kappa shape index (κ1) is 36.0. The second-order valence-corrected chi connectivity index (χ2v) is 13.6. The van der Waals surface area contributed by atoms with E-state index in [0.29, 0.717) is 19.6 Å². The fourth-order valence-electron chi connectivity index (χ4n) is 4.35. The van der Waals surface area contributed by atoms with E-state index < -0.39 is 7.60 Å². The van der Waals surface area contributed by atoms with Crippen LogP contribution in [-0.4, -0.2) is 76.3 Å². The number of nitrogens with zero attached hydrogens (tertiary/aromatic N) is 1. The van der Waals surface area contributed by atoms with Crippen molar-refractivity contribution >= 4 is 7.60 Å². The van der Waals surface area contributed by atoms with Crippen molar-refractivity contribution in [2.45, 2.75) is 129 Å². The third-order valence-corrected chi connectivity index (χ3v) is 8.19. The molecule has 0 saturated carbocycles. The highest BCUT2D eigenvalue weighted by Crippen LogP contribution is 2.43. The molecule has 0 aliphatic heterocycles. The molecule has 1 N–H and O–H groups in total. The van der Waals surface area contributed by atoms with Crippen LogP contribution in [0.3, 0.4) is 0 Å². The molecule has 0 aromatic carbocycles. The number of hydrogen-bond acceptors (Lipinski definition) is 4. The zero-order valence-electron chi connectivity index (χ0n) is 24.8. The van der Waals surface area contributed by atoms with Crippen LogP contribution in [0, 0.1) is 0 Å². The molecular formula is C29H63NO5P+. The van der Waals surface area contributed by atoms with Gasteiger partial charge in [0.05, 0.1) is 53.2 Å². The second kappa shape index (κ2) is 24.1. The van der Waals surface area contributed by atoms with Gasteiger partial charge in [-0.1, -0.05) is 103 Å². The molecular weight excluding hydrogens is 473 g/mol. The molecule has 0 aliphatic rings. The van der Waals surface area contributed by atoms with E-state index in [-0.39, 0.29) is 12.3 Å². The summed E-state index contributed by atoms with van der Waals surface area (Å²) in [5.74, 6) is 0. The molecule has 0 fully saturated rings. The Morgan fingerprint density at radius 1 is 0.722 bits per heavy atom. The lowest BCUT2D eigenvalue weighted by Gasteiger charge is -2.24.